The number of ether oxygens (including phenoxy) is 1. The average molecular weight is 273 g/mol. The Morgan fingerprint density at radius 3 is 3.05 bits per heavy atom. The Kier molecular flexibility index (Phi) is 4.13. The summed E-state index contributed by atoms with van der Waals surface area (Å²) in [5, 5.41) is 0. The van der Waals surface area contributed by atoms with Gasteiger partial charge >= 0.3 is 0 Å². The summed E-state index contributed by atoms with van der Waals surface area (Å²) in [6.45, 7) is 3.14. The minimum absolute atomic E-state index is 0.0198. The number of fused-ring (bicyclic) bond motifs is 1. The van der Waals surface area contributed by atoms with Gasteiger partial charge in [0, 0.05) is 5.54 Å². The molecule has 0 saturated heterocycles. The molecule has 2 heteroatoms. The van der Waals surface area contributed by atoms with Gasteiger partial charge in [0.15, 0.2) is 0 Å². The minimum atomic E-state index is -0.0198. The number of benzene rings is 1. The van der Waals surface area contributed by atoms with Crippen LogP contribution in [0.4, 0.5) is 0 Å². The van der Waals surface area contributed by atoms with Gasteiger partial charge in [-0.3, -0.25) is 0 Å². The summed E-state index contributed by atoms with van der Waals surface area (Å²) in [6.07, 6.45) is 8.47. The third-order valence-corrected chi connectivity index (χ3v) is 5.24. The van der Waals surface area contributed by atoms with Crippen molar-refractivity contribution in [1.29, 1.82) is 0 Å². The van der Waals surface area contributed by atoms with Gasteiger partial charge in [-0.2, -0.15) is 0 Å². The van der Waals surface area contributed by atoms with E-state index < -0.39 is 0 Å². The predicted molar refractivity (Wildman–Crippen MR) is 82.6 cm³/mol. The van der Waals surface area contributed by atoms with Crippen molar-refractivity contribution in [2.75, 3.05) is 6.61 Å². The molecule has 1 aliphatic heterocycles. The van der Waals surface area contributed by atoms with Gasteiger partial charge < -0.3 is 10.5 Å². The second-order valence-corrected chi connectivity index (χ2v) is 6.75. The molecule has 1 fully saturated rings. The van der Waals surface area contributed by atoms with E-state index in [-0.39, 0.29) is 11.6 Å². The van der Waals surface area contributed by atoms with Crippen LogP contribution in [0.1, 0.15) is 62.7 Å². The maximum Gasteiger partial charge on any atom is 0.0845 e. The van der Waals surface area contributed by atoms with E-state index in [1.54, 1.807) is 0 Å². The molecular weight excluding hydrogens is 246 g/mol. The monoisotopic (exact) mass is 273 g/mol. The first-order valence-electron chi connectivity index (χ1n) is 8.18. The van der Waals surface area contributed by atoms with E-state index in [4.69, 9.17) is 10.5 Å². The van der Waals surface area contributed by atoms with Crippen molar-refractivity contribution in [3.63, 3.8) is 0 Å². The van der Waals surface area contributed by atoms with Crippen LogP contribution in [-0.4, -0.2) is 12.1 Å². The molecule has 3 rings (SSSR count). The van der Waals surface area contributed by atoms with Crippen LogP contribution in [0.25, 0.3) is 0 Å². The normalized spacial score (nSPS) is 33.7. The Bertz CT molecular complexity index is 458. The highest BCUT2D eigenvalue weighted by molar-refractivity contribution is 5.31. The predicted octanol–water partition coefficient (Wildman–Crippen LogP) is 3.99. The third kappa shape index (κ3) is 2.91. The number of nitrogens with two attached hydrogens (primary N) is 1. The van der Waals surface area contributed by atoms with E-state index in [9.17, 15) is 0 Å². The van der Waals surface area contributed by atoms with Gasteiger partial charge in [0.25, 0.3) is 0 Å². The zero-order valence-electron chi connectivity index (χ0n) is 12.6. The molecule has 1 aromatic rings. The van der Waals surface area contributed by atoms with Gasteiger partial charge in [-0.25, -0.2) is 0 Å². The first kappa shape index (κ1) is 14.1. The van der Waals surface area contributed by atoms with Gasteiger partial charge in [0.2, 0.25) is 0 Å². The summed E-state index contributed by atoms with van der Waals surface area (Å²) >= 11 is 0. The van der Waals surface area contributed by atoms with Gasteiger partial charge in [0.1, 0.15) is 0 Å². The van der Waals surface area contributed by atoms with Crippen molar-refractivity contribution in [3.8, 4) is 0 Å². The summed E-state index contributed by atoms with van der Waals surface area (Å²) in [7, 11) is 0. The lowest BCUT2D eigenvalue weighted by Gasteiger charge is -2.41. The molecule has 2 aliphatic rings. The van der Waals surface area contributed by atoms with Crippen LogP contribution < -0.4 is 5.73 Å². The van der Waals surface area contributed by atoms with Crippen molar-refractivity contribution >= 4 is 0 Å². The highest BCUT2D eigenvalue weighted by atomic mass is 16.5. The van der Waals surface area contributed by atoms with Gasteiger partial charge in [-0.1, -0.05) is 50.5 Å². The number of rotatable bonds is 3. The summed E-state index contributed by atoms with van der Waals surface area (Å²) in [5.41, 5.74) is 9.54. The summed E-state index contributed by atoms with van der Waals surface area (Å²) in [5.74, 6) is 0.813. The van der Waals surface area contributed by atoms with E-state index in [1.807, 2.05) is 0 Å². The zero-order valence-corrected chi connectivity index (χ0v) is 12.6. The van der Waals surface area contributed by atoms with Crippen LogP contribution in [0.3, 0.4) is 0 Å². The molecule has 0 aromatic heterocycles. The van der Waals surface area contributed by atoms with Crippen molar-refractivity contribution in [2.24, 2.45) is 11.7 Å². The Balaban J connectivity index is 1.75. The quantitative estimate of drug-likeness (QED) is 0.903. The summed E-state index contributed by atoms with van der Waals surface area (Å²) < 4.78 is 6.06. The molecule has 3 unspecified atom stereocenters. The standard InChI is InChI=1S/C18H27NO/c1-2-14-6-5-10-18(19,12-14)13-17-16-8-4-3-7-15(16)9-11-20-17/h3-4,7-8,14,17H,2,5-6,9-13,19H2,1H3. The average Bonchev–Trinajstić information content (AvgIpc) is 2.47. The lowest BCUT2D eigenvalue weighted by molar-refractivity contribution is 0.0115. The Morgan fingerprint density at radius 1 is 1.35 bits per heavy atom. The lowest BCUT2D eigenvalue weighted by atomic mass is 9.72. The Labute approximate surface area is 122 Å². The highest BCUT2D eigenvalue weighted by Gasteiger charge is 2.36. The van der Waals surface area contributed by atoms with Gasteiger partial charge in [-0.15, -0.1) is 0 Å². The molecule has 1 heterocycles. The van der Waals surface area contributed by atoms with E-state index in [0.717, 1.165) is 31.8 Å². The van der Waals surface area contributed by atoms with Crippen molar-refractivity contribution in [2.45, 2.75) is 63.5 Å². The minimum Gasteiger partial charge on any atom is -0.373 e. The van der Waals surface area contributed by atoms with E-state index >= 15 is 0 Å². The summed E-state index contributed by atoms with van der Waals surface area (Å²) in [6, 6.07) is 8.72. The van der Waals surface area contributed by atoms with E-state index in [0.29, 0.717) is 0 Å². The smallest absolute Gasteiger partial charge is 0.0845 e. The fraction of sp³-hybridized carbons (Fsp3) is 0.667. The molecule has 0 amide bonds. The fourth-order valence-corrected chi connectivity index (χ4v) is 4.07. The molecule has 1 aromatic carbocycles. The van der Waals surface area contributed by atoms with Crippen molar-refractivity contribution in [1.82, 2.24) is 0 Å². The second-order valence-electron chi connectivity index (χ2n) is 6.75. The Hall–Kier alpha value is -0.860. The third-order valence-electron chi connectivity index (χ3n) is 5.24. The summed E-state index contributed by atoms with van der Waals surface area (Å²) in [4.78, 5) is 0. The van der Waals surface area contributed by atoms with E-state index in [1.165, 1.54) is 36.8 Å². The molecule has 110 valence electrons. The van der Waals surface area contributed by atoms with Crippen LogP contribution in [-0.2, 0) is 11.2 Å². The SMILES string of the molecule is CCC1CCCC(N)(CC2OCCc3ccccc32)C1. The first-order chi connectivity index (χ1) is 9.70. The van der Waals surface area contributed by atoms with Gasteiger partial charge in [0.05, 0.1) is 12.7 Å². The molecule has 1 aliphatic carbocycles. The largest absolute Gasteiger partial charge is 0.373 e. The first-order valence-corrected chi connectivity index (χ1v) is 8.18. The second kappa shape index (κ2) is 5.87. The van der Waals surface area contributed by atoms with Crippen LogP contribution in [0, 0.1) is 5.92 Å². The number of hydrogen-bond acceptors (Lipinski definition) is 2. The molecule has 3 atom stereocenters. The van der Waals surface area contributed by atoms with Crippen LogP contribution >= 0.6 is 0 Å². The molecule has 2 N–H and O–H groups in total. The molecule has 20 heavy (non-hydrogen) atoms. The topological polar surface area (TPSA) is 35.2 Å². The highest BCUT2D eigenvalue weighted by Crippen LogP contribution is 2.40. The number of hydrogen-bond donors (Lipinski definition) is 1. The molecule has 2 nitrogen and oxygen atoms in total. The molecule has 0 bridgehead atoms. The Morgan fingerprint density at radius 2 is 2.20 bits per heavy atom. The lowest BCUT2D eigenvalue weighted by Crippen LogP contribution is -2.46. The maximum atomic E-state index is 6.73. The van der Waals surface area contributed by atoms with Crippen molar-refractivity contribution in [3.05, 3.63) is 35.4 Å². The van der Waals surface area contributed by atoms with E-state index in [2.05, 4.69) is 31.2 Å². The van der Waals surface area contributed by atoms with Gasteiger partial charge in [-0.05, 0) is 42.7 Å². The van der Waals surface area contributed by atoms with Crippen LogP contribution in [0.15, 0.2) is 24.3 Å². The molecule has 0 radical (unpaired) electrons. The van der Waals surface area contributed by atoms with Crippen LogP contribution in [0.2, 0.25) is 0 Å². The fourth-order valence-electron chi connectivity index (χ4n) is 4.07. The maximum absolute atomic E-state index is 6.73. The van der Waals surface area contributed by atoms with Crippen LogP contribution in [0.5, 0.6) is 0 Å². The zero-order chi connectivity index (χ0) is 14.0. The molecular formula is C18H27NO. The molecule has 1 saturated carbocycles. The van der Waals surface area contributed by atoms with Crippen molar-refractivity contribution < 1.29 is 4.74 Å². The molecule has 0 spiro atoms.